The standard InChI is InChI=1S/C24H37N5O4/c1-7-32-21(30)10-11-25-22-19-14-18(8-9-20(19)27(6)26-22)16-28-12-13-29(17(2)15-28)23(31)33-24(3,4)5/h8-9,14,17H,7,10-13,15-16H2,1-6H3,(H,25,26)/t17-/m0/s1. The maximum atomic E-state index is 12.5. The molecule has 0 bridgehead atoms. The van der Waals surface area contributed by atoms with Gasteiger partial charge in [0.15, 0.2) is 5.82 Å². The second-order valence-corrected chi connectivity index (χ2v) is 9.56. The predicted octanol–water partition coefficient (Wildman–Crippen LogP) is 3.38. The Kier molecular flexibility index (Phi) is 7.84. The first kappa shape index (κ1) is 24.8. The second kappa shape index (κ2) is 10.4. The number of aromatic nitrogens is 2. The minimum atomic E-state index is -0.491. The number of hydrogen-bond acceptors (Lipinski definition) is 7. The number of esters is 1. The fourth-order valence-corrected chi connectivity index (χ4v) is 4.08. The summed E-state index contributed by atoms with van der Waals surface area (Å²) in [6.45, 7) is 13.4. The van der Waals surface area contributed by atoms with E-state index in [1.165, 1.54) is 5.56 Å². The Bertz CT molecular complexity index is 981. The fourth-order valence-electron chi connectivity index (χ4n) is 4.08. The number of aryl methyl sites for hydroxylation is 1. The van der Waals surface area contributed by atoms with E-state index in [1.54, 1.807) is 6.92 Å². The number of hydrogen-bond donors (Lipinski definition) is 1. The molecule has 33 heavy (non-hydrogen) atoms. The van der Waals surface area contributed by atoms with Crippen molar-refractivity contribution in [1.82, 2.24) is 19.6 Å². The van der Waals surface area contributed by atoms with Crippen LogP contribution in [0.4, 0.5) is 10.6 Å². The monoisotopic (exact) mass is 459 g/mol. The van der Waals surface area contributed by atoms with Gasteiger partial charge in [-0.15, -0.1) is 0 Å². The molecule has 1 aromatic heterocycles. The average Bonchev–Trinajstić information content (AvgIpc) is 3.02. The molecule has 2 heterocycles. The number of piperazine rings is 1. The summed E-state index contributed by atoms with van der Waals surface area (Å²) in [4.78, 5) is 28.3. The van der Waals surface area contributed by atoms with Crippen molar-refractivity contribution in [2.75, 3.05) is 38.1 Å². The lowest BCUT2D eigenvalue weighted by molar-refractivity contribution is -0.142. The van der Waals surface area contributed by atoms with Gasteiger partial charge in [-0.3, -0.25) is 14.4 Å². The van der Waals surface area contributed by atoms with Crippen LogP contribution in [-0.4, -0.2) is 76.1 Å². The van der Waals surface area contributed by atoms with Crippen molar-refractivity contribution in [3.05, 3.63) is 23.8 Å². The SMILES string of the molecule is CCOC(=O)CCNc1nn(C)c2ccc(CN3CCN(C(=O)OC(C)(C)C)[C@@H](C)C3)cc12. The van der Waals surface area contributed by atoms with Crippen LogP contribution in [0.25, 0.3) is 10.9 Å². The molecule has 0 saturated carbocycles. The van der Waals surface area contributed by atoms with Crippen LogP contribution in [0.3, 0.4) is 0 Å². The van der Waals surface area contributed by atoms with Crippen LogP contribution in [0.5, 0.6) is 0 Å². The minimum Gasteiger partial charge on any atom is -0.466 e. The average molecular weight is 460 g/mol. The number of ether oxygens (including phenoxy) is 2. The summed E-state index contributed by atoms with van der Waals surface area (Å²) in [7, 11) is 1.91. The third-order valence-corrected chi connectivity index (χ3v) is 5.59. The van der Waals surface area contributed by atoms with Gasteiger partial charge in [-0.1, -0.05) is 6.07 Å². The number of carbonyl (C=O) groups is 2. The summed E-state index contributed by atoms with van der Waals surface area (Å²) in [5, 5.41) is 8.87. The number of rotatable bonds is 7. The number of anilines is 1. The van der Waals surface area contributed by atoms with Gasteiger partial charge in [0.25, 0.3) is 0 Å². The van der Waals surface area contributed by atoms with E-state index >= 15 is 0 Å². The van der Waals surface area contributed by atoms with Gasteiger partial charge >= 0.3 is 12.1 Å². The minimum absolute atomic E-state index is 0.0795. The highest BCUT2D eigenvalue weighted by Crippen LogP contribution is 2.25. The van der Waals surface area contributed by atoms with E-state index in [9.17, 15) is 9.59 Å². The normalized spacial score (nSPS) is 17.3. The molecule has 1 amide bonds. The summed E-state index contributed by atoms with van der Waals surface area (Å²) < 4.78 is 12.4. The number of fused-ring (bicyclic) bond motifs is 1. The second-order valence-electron chi connectivity index (χ2n) is 9.56. The molecule has 182 valence electrons. The first-order chi connectivity index (χ1) is 15.6. The molecule has 9 heteroatoms. The number of nitrogens with one attached hydrogen (secondary N) is 1. The van der Waals surface area contributed by atoms with Gasteiger partial charge in [0.05, 0.1) is 18.5 Å². The summed E-state index contributed by atoms with van der Waals surface area (Å²) >= 11 is 0. The Morgan fingerprint density at radius 1 is 1.24 bits per heavy atom. The van der Waals surface area contributed by atoms with Crippen LogP contribution in [0.2, 0.25) is 0 Å². The van der Waals surface area contributed by atoms with Crippen LogP contribution in [0, 0.1) is 0 Å². The van der Waals surface area contributed by atoms with Crippen molar-refractivity contribution >= 4 is 28.8 Å². The highest BCUT2D eigenvalue weighted by atomic mass is 16.6. The van der Waals surface area contributed by atoms with Crippen LogP contribution in [-0.2, 0) is 27.9 Å². The lowest BCUT2D eigenvalue weighted by Gasteiger charge is -2.40. The van der Waals surface area contributed by atoms with Crippen LogP contribution >= 0.6 is 0 Å². The lowest BCUT2D eigenvalue weighted by Crippen LogP contribution is -2.54. The molecule has 0 radical (unpaired) electrons. The predicted molar refractivity (Wildman–Crippen MR) is 128 cm³/mol. The third kappa shape index (κ3) is 6.60. The zero-order chi connectivity index (χ0) is 24.2. The first-order valence-electron chi connectivity index (χ1n) is 11.6. The van der Waals surface area contributed by atoms with Crippen LogP contribution < -0.4 is 5.32 Å². The number of nitrogens with zero attached hydrogens (tertiary/aromatic N) is 4. The van der Waals surface area contributed by atoms with Crippen molar-refractivity contribution in [1.29, 1.82) is 0 Å². The zero-order valence-corrected chi connectivity index (χ0v) is 20.7. The number of benzene rings is 1. The molecule has 1 saturated heterocycles. The number of carbonyl (C=O) groups excluding carboxylic acids is 2. The van der Waals surface area contributed by atoms with Crippen LogP contribution in [0.15, 0.2) is 18.2 Å². The number of amides is 1. The molecule has 3 rings (SSSR count). The molecule has 0 aliphatic carbocycles. The zero-order valence-electron chi connectivity index (χ0n) is 20.7. The molecule has 1 aromatic carbocycles. The largest absolute Gasteiger partial charge is 0.466 e. The van der Waals surface area contributed by atoms with E-state index in [4.69, 9.17) is 9.47 Å². The molecule has 1 aliphatic rings. The van der Waals surface area contributed by atoms with Gasteiger partial charge < -0.3 is 19.7 Å². The Labute approximate surface area is 196 Å². The molecule has 1 aliphatic heterocycles. The van der Waals surface area contributed by atoms with Gasteiger partial charge in [-0.05, 0) is 52.3 Å². The highest BCUT2D eigenvalue weighted by Gasteiger charge is 2.30. The molecule has 1 atom stereocenters. The lowest BCUT2D eigenvalue weighted by atomic mass is 10.1. The van der Waals surface area contributed by atoms with E-state index in [-0.39, 0.29) is 18.1 Å². The summed E-state index contributed by atoms with van der Waals surface area (Å²) in [5.74, 6) is 0.548. The molecule has 1 fully saturated rings. The van der Waals surface area contributed by atoms with E-state index < -0.39 is 5.60 Å². The molecule has 2 aromatic rings. The summed E-state index contributed by atoms with van der Waals surface area (Å²) in [6, 6.07) is 6.43. The van der Waals surface area contributed by atoms with Crippen molar-refractivity contribution in [3.8, 4) is 0 Å². The Morgan fingerprint density at radius 2 is 2.00 bits per heavy atom. The topological polar surface area (TPSA) is 88.9 Å². The quantitative estimate of drug-likeness (QED) is 0.635. The molecule has 1 N–H and O–H groups in total. The van der Waals surface area contributed by atoms with E-state index in [2.05, 4.69) is 40.4 Å². The smallest absolute Gasteiger partial charge is 0.410 e. The molecular formula is C24H37N5O4. The van der Waals surface area contributed by atoms with Crippen molar-refractivity contribution < 1.29 is 19.1 Å². The maximum absolute atomic E-state index is 12.5. The van der Waals surface area contributed by atoms with E-state index in [0.29, 0.717) is 26.1 Å². The molecular weight excluding hydrogens is 422 g/mol. The van der Waals surface area contributed by atoms with E-state index in [1.807, 2.05) is 37.4 Å². The third-order valence-electron chi connectivity index (χ3n) is 5.59. The van der Waals surface area contributed by atoms with Crippen molar-refractivity contribution in [2.24, 2.45) is 7.05 Å². The van der Waals surface area contributed by atoms with Gasteiger partial charge in [0.2, 0.25) is 0 Å². The van der Waals surface area contributed by atoms with Crippen molar-refractivity contribution in [3.63, 3.8) is 0 Å². The van der Waals surface area contributed by atoms with Crippen molar-refractivity contribution in [2.45, 2.75) is 59.2 Å². The van der Waals surface area contributed by atoms with Gasteiger partial charge in [-0.2, -0.15) is 5.10 Å². The van der Waals surface area contributed by atoms with E-state index in [0.717, 1.165) is 36.4 Å². The first-order valence-corrected chi connectivity index (χ1v) is 11.6. The van der Waals surface area contributed by atoms with Gasteiger partial charge in [-0.25, -0.2) is 4.79 Å². The molecule has 0 unspecified atom stereocenters. The maximum Gasteiger partial charge on any atom is 0.410 e. The Hall–Kier alpha value is -2.81. The molecule has 0 spiro atoms. The fraction of sp³-hybridized carbons (Fsp3) is 0.625. The Morgan fingerprint density at radius 3 is 2.67 bits per heavy atom. The summed E-state index contributed by atoms with van der Waals surface area (Å²) in [5.41, 5.74) is 1.72. The van der Waals surface area contributed by atoms with Gasteiger partial charge in [0.1, 0.15) is 5.60 Å². The highest BCUT2D eigenvalue weighted by molar-refractivity contribution is 5.91. The van der Waals surface area contributed by atoms with Gasteiger partial charge in [0, 0.05) is 51.2 Å². The summed E-state index contributed by atoms with van der Waals surface area (Å²) in [6.07, 6.45) is 0.0516. The molecule has 9 nitrogen and oxygen atoms in total. The Balaban J connectivity index is 1.63. The van der Waals surface area contributed by atoms with Crippen LogP contribution in [0.1, 0.15) is 46.6 Å².